The lowest BCUT2D eigenvalue weighted by molar-refractivity contribution is -0.112. The fourth-order valence-corrected chi connectivity index (χ4v) is 4.27. The van der Waals surface area contributed by atoms with Gasteiger partial charge in [0.1, 0.15) is 17.4 Å². The van der Waals surface area contributed by atoms with Crippen molar-refractivity contribution in [3.63, 3.8) is 0 Å². The number of anilines is 1. The highest BCUT2D eigenvalue weighted by atomic mass is 35.5. The maximum atomic E-state index is 12.3. The number of nitrogens with one attached hydrogen (secondary N) is 1. The van der Waals surface area contributed by atoms with Crippen LogP contribution in [0.5, 0.6) is 0 Å². The number of nitrogens with two attached hydrogens (primary N) is 1. The van der Waals surface area contributed by atoms with Crippen LogP contribution in [0.15, 0.2) is 30.1 Å². The van der Waals surface area contributed by atoms with E-state index in [1.807, 2.05) is 17.7 Å². The van der Waals surface area contributed by atoms with E-state index in [1.54, 1.807) is 18.3 Å². The second kappa shape index (κ2) is 12.6. The van der Waals surface area contributed by atoms with Crippen molar-refractivity contribution in [2.75, 3.05) is 11.9 Å². The van der Waals surface area contributed by atoms with Gasteiger partial charge in [0, 0.05) is 37.7 Å². The monoisotopic (exact) mass is 511 g/mol. The Balaban J connectivity index is 2.07. The molecule has 0 bridgehead atoms. The van der Waals surface area contributed by atoms with Crippen molar-refractivity contribution in [2.24, 2.45) is 5.73 Å². The Morgan fingerprint density at radius 3 is 2.64 bits per heavy atom. The molecule has 1 amide bonds. The van der Waals surface area contributed by atoms with Gasteiger partial charge in [-0.05, 0) is 44.4 Å². The zero-order valence-electron chi connectivity index (χ0n) is 20.1. The van der Waals surface area contributed by atoms with Crippen molar-refractivity contribution < 1.29 is 9.53 Å². The van der Waals surface area contributed by atoms with E-state index in [0.29, 0.717) is 25.4 Å². The number of carbonyl (C=O) groups excluding carboxylic acids is 1. The summed E-state index contributed by atoms with van der Waals surface area (Å²) >= 11 is 11.4. The molecule has 3 N–H and O–H groups in total. The number of aryl methyl sites for hydroxylation is 1. The molecule has 2 aromatic rings. The van der Waals surface area contributed by atoms with E-state index < -0.39 is 18.8 Å². The fraction of sp³-hybridized carbons (Fsp3) is 0.522. The third-order valence-electron chi connectivity index (χ3n) is 5.08. The molecule has 0 aliphatic carbocycles. The summed E-state index contributed by atoms with van der Waals surface area (Å²) in [5.41, 5.74) is 9.93. The maximum absolute atomic E-state index is 12.3. The average Bonchev–Trinajstić information content (AvgIpc) is 3.05. The molecule has 0 saturated heterocycles. The largest absolute Gasteiger partial charge is 0.395 e. The lowest BCUT2D eigenvalue weighted by Crippen LogP contribution is -2.22. The first-order valence-corrected chi connectivity index (χ1v) is 15.8. The van der Waals surface area contributed by atoms with Crippen LogP contribution in [-0.2, 0) is 22.7 Å². The number of alkyl halides is 2. The summed E-state index contributed by atoms with van der Waals surface area (Å²) in [5.74, 6) is 0.00935. The smallest absolute Gasteiger partial charge is 0.272 e. The number of carbonyl (C=O) groups is 1. The molecule has 0 fully saturated rings. The number of rotatable bonds is 12. The molecule has 0 aromatic carbocycles. The number of ether oxygens (including phenoxy) is 1. The molecule has 2 rings (SSSR count). The second-order valence-corrected chi connectivity index (χ2v) is 16.0. The number of allylic oxidation sites excluding steroid dienone is 1. The number of hydrogen-bond acceptors (Lipinski definition) is 5. The summed E-state index contributed by atoms with van der Waals surface area (Å²) in [6, 6.07) is 4.81. The quantitative estimate of drug-likeness (QED) is 0.170. The van der Waals surface area contributed by atoms with Gasteiger partial charge in [-0.15, -0.1) is 23.2 Å². The van der Waals surface area contributed by atoms with Gasteiger partial charge >= 0.3 is 0 Å². The molecule has 2 aromatic heterocycles. The Hall–Kier alpha value is -1.87. The first kappa shape index (κ1) is 27.4. The van der Waals surface area contributed by atoms with Crippen LogP contribution < -0.4 is 11.1 Å². The highest BCUT2D eigenvalue weighted by molar-refractivity contribution is 6.76. The van der Waals surface area contributed by atoms with Crippen LogP contribution in [0.3, 0.4) is 0 Å². The molecule has 2 heterocycles. The number of amides is 1. The average molecular weight is 513 g/mol. The van der Waals surface area contributed by atoms with Crippen LogP contribution in [-0.4, -0.2) is 40.2 Å². The van der Waals surface area contributed by atoms with E-state index in [2.05, 4.69) is 42.0 Å². The lowest BCUT2D eigenvalue weighted by atomic mass is 10.0. The number of pyridine rings is 1. The molecule has 0 aliphatic heterocycles. The van der Waals surface area contributed by atoms with Crippen molar-refractivity contribution in [1.29, 1.82) is 0 Å². The zero-order valence-corrected chi connectivity index (χ0v) is 22.6. The van der Waals surface area contributed by atoms with E-state index in [1.165, 1.54) is 0 Å². The van der Waals surface area contributed by atoms with Gasteiger partial charge in [0.2, 0.25) is 0 Å². The van der Waals surface area contributed by atoms with Crippen molar-refractivity contribution in [3.8, 4) is 11.1 Å². The first-order valence-electron chi connectivity index (χ1n) is 11.2. The SMILES string of the molecule is CCc1c(-c2ccc(NC(=O)C(N)=CCCC(Cl)Cl)nc2)c(C)nn1COCC[Si](C)(C)C. The van der Waals surface area contributed by atoms with Gasteiger partial charge in [0.25, 0.3) is 5.91 Å². The molecule has 0 spiro atoms. The molecular weight excluding hydrogens is 477 g/mol. The topological polar surface area (TPSA) is 95.1 Å². The summed E-state index contributed by atoms with van der Waals surface area (Å²) in [6.45, 7) is 12.3. The number of hydrogen-bond donors (Lipinski definition) is 2. The molecule has 0 saturated carbocycles. The third-order valence-corrected chi connectivity index (χ3v) is 7.22. The Morgan fingerprint density at radius 1 is 1.33 bits per heavy atom. The highest BCUT2D eigenvalue weighted by Gasteiger charge is 2.17. The van der Waals surface area contributed by atoms with Crippen molar-refractivity contribution >= 4 is 43.0 Å². The van der Waals surface area contributed by atoms with E-state index in [0.717, 1.165) is 41.6 Å². The van der Waals surface area contributed by atoms with Crippen LogP contribution in [0.2, 0.25) is 25.7 Å². The minimum Gasteiger partial charge on any atom is -0.395 e. The van der Waals surface area contributed by atoms with E-state index in [9.17, 15) is 4.79 Å². The predicted molar refractivity (Wildman–Crippen MR) is 139 cm³/mol. The van der Waals surface area contributed by atoms with Gasteiger partial charge in [-0.25, -0.2) is 9.67 Å². The number of halogens is 2. The Labute approximate surface area is 207 Å². The summed E-state index contributed by atoms with van der Waals surface area (Å²) in [5, 5.41) is 7.40. The molecule has 10 heteroatoms. The van der Waals surface area contributed by atoms with Gasteiger partial charge in [-0.1, -0.05) is 32.6 Å². The van der Waals surface area contributed by atoms with Crippen molar-refractivity contribution in [2.45, 2.75) is 70.4 Å². The molecule has 0 unspecified atom stereocenters. The highest BCUT2D eigenvalue weighted by Crippen LogP contribution is 2.28. The molecule has 0 atom stereocenters. The minimum atomic E-state index is -1.13. The molecule has 7 nitrogen and oxygen atoms in total. The van der Waals surface area contributed by atoms with E-state index in [4.69, 9.17) is 33.7 Å². The maximum Gasteiger partial charge on any atom is 0.272 e. The van der Waals surface area contributed by atoms with Gasteiger partial charge in [-0.2, -0.15) is 5.10 Å². The molecule has 0 aliphatic rings. The third kappa shape index (κ3) is 8.77. The zero-order chi connectivity index (χ0) is 24.6. The van der Waals surface area contributed by atoms with E-state index >= 15 is 0 Å². The van der Waals surface area contributed by atoms with Crippen LogP contribution >= 0.6 is 23.2 Å². The lowest BCUT2D eigenvalue weighted by Gasteiger charge is -2.16. The van der Waals surface area contributed by atoms with Crippen LogP contribution in [0, 0.1) is 6.92 Å². The number of aromatic nitrogens is 3. The summed E-state index contributed by atoms with van der Waals surface area (Å²) in [4.78, 5) is 16.2. The number of nitrogens with zero attached hydrogens (tertiary/aromatic N) is 3. The molecule has 33 heavy (non-hydrogen) atoms. The van der Waals surface area contributed by atoms with Gasteiger partial charge in [0.05, 0.1) is 11.4 Å². The molecule has 182 valence electrons. The van der Waals surface area contributed by atoms with Gasteiger partial charge in [0.15, 0.2) is 0 Å². The second-order valence-electron chi connectivity index (χ2n) is 9.12. The fourth-order valence-electron chi connectivity index (χ4n) is 3.26. The van der Waals surface area contributed by atoms with Crippen LogP contribution in [0.4, 0.5) is 5.82 Å². The minimum absolute atomic E-state index is 0.106. The Morgan fingerprint density at radius 2 is 2.06 bits per heavy atom. The van der Waals surface area contributed by atoms with E-state index in [-0.39, 0.29) is 5.70 Å². The van der Waals surface area contributed by atoms with Gasteiger partial charge < -0.3 is 15.8 Å². The Kier molecular flexibility index (Phi) is 10.4. The van der Waals surface area contributed by atoms with Crippen LogP contribution in [0.1, 0.15) is 31.2 Å². The summed E-state index contributed by atoms with van der Waals surface area (Å²) < 4.78 is 7.84. The molecular formula is C23H35Cl2N5O2Si. The van der Waals surface area contributed by atoms with Gasteiger partial charge in [-0.3, -0.25) is 4.79 Å². The normalized spacial score (nSPS) is 12.4. The standard InChI is InChI=1S/C23H35Cl2N5O2Si/c1-6-19-22(16(2)29-30(19)15-32-12-13-33(3,4)5)17-10-11-21(27-14-17)28-23(31)18(26)8-7-9-20(24)25/h8,10-11,14,20H,6-7,9,12-13,15,26H2,1-5H3,(H,27,28,31). The predicted octanol–water partition coefficient (Wildman–Crippen LogP) is 5.49. The summed E-state index contributed by atoms with van der Waals surface area (Å²) in [7, 11) is -1.13. The van der Waals surface area contributed by atoms with Crippen molar-refractivity contribution in [3.05, 3.63) is 41.5 Å². The van der Waals surface area contributed by atoms with Crippen molar-refractivity contribution in [1.82, 2.24) is 14.8 Å². The summed E-state index contributed by atoms with van der Waals surface area (Å²) in [6.07, 6.45) is 5.21. The Bertz CT molecular complexity index is 953. The van der Waals surface area contributed by atoms with Crippen LogP contribution in [0.25, 0.3) is 11.1 Å². The first-order chi connectivity index (χ1) is 15.5. The molecule has 0 radical (unpaired) electrons.